The molecule has 1 atom stereocenters. The fraction of sp³-hybridized carbons (Fsp3) is 0.211. The monoisotopic (exact) mass is 480 g/mol. The Balaban J connectivity index is 1.52. The summed E-state index contributed by atoms with van der Waals surface area (Å²) in [6.07, 6.45) is -1.30. The lowest BCUT2D eigenvalue weighted by atomic mass is 10.2. The van der Waals surface area contributed by atoms with Crippen molar-refractivity contribution in [3.8, 4) is 0 Å². The Hall–Kier alpha value is -3.29. The van der Waals surface area contributed by atoms with Crippen LogP contribution >= 0.6 is 0 Å². The zero-order valence-corrected chi connectivity index (χ0v) is 18.4. The summed E-state index contributed by atoms with van der Waals surface area (Å²) < 4.78 is 54.0. The summed E-state index contributed by atoms with van der Waals surface area (Å²) in [6, 6.07) is 11.5. The van der Waals surface area contributed by atoms with Crippen LogP contribution in [0.25, 0.3) is 0 Å². The zero-order chi connectivity index (χ0) is 23.5. The van der Waals surface area contributed by atoms with Crippen LogP contribution in [0.1, 0.15) is 18.9 Å². The second kappa shape index (κ2) is 9.06. The van der Waals surface area contributed by atoms with E-state index in [1.165, 1.54) is 37.3 Å². The number of carbonyl (C=O) groups excluding carboxylic acids is 2. The van der Waals surface area contributed by atoms with Gasteiger partial charge in [-0.2, -0.15) is 0 Å². The second-order valence-corrected chi connectivity index (χ2v) is 9.98. The van der Waals surface area contributed by atoms with Gasteiger partial charge in [-0.1, -0.05) is 12.1 Å². The third-order valence-corrected chi connectivity index (χ3v) is 6.70. The number of ether oxygens (including phenoxy) is 1. The van der Waals surface area contributed by atoms with Gasteiger partial charge in [-0.05, 0) is 43.3 Å². The van der Waals surface area contributed by atoms with Gasteiger partial charge in [0.15, 0.2) is 6.10 Å². The van der Waals surface area contributed by atoms with E-state index in [1.54, 1.807) is 18.2 Å². The van der Waals surface area contributed by atoms with Crippen LogP contribution in [0, 0.1) is 0 Å². The van der Waals surface area contributed by atoms with Crippen molar-refractivity contribution in [3.63, 3.8) is 0 Å². The Kier molecular flexibility index (Phi) is 6.62. The summed E-state index contributed by atoms with van der Waals surface area (Å²) in [6.45, 7) is 1.33. The number of rotatable bonds is 7. The van der Waals surface area contributed by atoms with E-state index in [-0.39, 0.29) is 28.6 Å². The number of carbonyl (C=O) groups is 2. The largest absolute Gasteiger partial charge is 0.452 e. The maximum Gasteiger partial charge on any atom is 0.308 e. The maximum absolute atomic E-state index is 12.2. The lowest BCUT2D eigenvalue weighted by molar-refractivity contribution is -0.152. The van der Waals surface area contributed by atoms with Gasteiger partial charge in [0.2, 0.25) is 10.0 Å². The Labute approximate surface area is 184 Å². The van der Waals surface area contributed by atoms with Gasteiger partial charge in [0.25, 0.3) is 15.9 Å². The van der Waals surface area contributed by atoms with E-state index in [0.29, 0.717) is 11.3 Å². The van der Waals surface area contributed by atoms with Gasteiger partial charge in [0.05, 0.1) is 22.8 Å². The van der Waals surface area contributed by atoms with Crippen LogP contribution < -0.4 is 15.2 Å². The molecule has 3 rings (SSSR count). The maximum atomic E-state index is 12.2. The van der Waals surface area contributed by atoms with Crippen molar-refractivity contribution >= 4 is 43.4 Å². The number of esters is 1. The highest BCUT2D eigenvalue weighted by Gasteiger charge is 2.30. The predicted molar refractivity (Wildman–Crippen MR) is 115 cm³/mol. The van der Waals surface area contributed by atoms with Gasteiger partial charge < -0.3 is 10.1 Å². The lowest BCUT2D eigenvalue weighted by Crippen LogP contribution is -2.30. The molecule has 0 radical (unpaired) electrons. The summed E-state index contributed by atoms with van der Waals surface area (Å²) in [5.41, 5.74) is 0.714. The number of nitrogens with zero attached hydrogens (tertiary/aromatic N) is 1. The molecule has 1 aliphatic rings. The van der Waals surface area contributed by atoms with E-state index in [2.05, 4.69) is 15.0 Å². The molecule has 4 N–H and O–H groups in total. The van der Waals surface area contributed by atoms with Crippen LogP contribution in [0.15, 0.2) is 63.3 Å². The van der Waals surface area contributed by atoms with E-state index in [4.69, 9.17) is 9.88 Å². The molecule has 0 saturated carbocycles. The molecule has 13 heteroatoms. The summed E-state index contributed by atoms with van der Waals surface area (Å²) in [5.74, 6) is -1.18. The van der Waals surface area contributed by atoms with Crippen LogP contribution in [-0.2, 0) is 34.4 Å². The molecule has 0 aliphatic carbocycles. The average molecular weight is 481 g/mol. The molecule has 0 fully saturated rings. The minimum absolute atomic E-state index is 0.0472. The molecule has 0 spiro atoms. The molecular formula is C19H20N4O7S2. The first-order chi connectivity index (χ1) is 15.0. The lowest BCUT2D eigenvalue weighted by Gasteiger charge is -2.13. The van der Waals surface area contributed by atoms with Crippen molar-refractivity contribution in [3.05, 3.63) is 54.1 Å². The van der Waals surface area contributed by atoms with E-state index >= 15 is 0 Å². The fourth-order valence-electron chi connectivity index (χ4n) is 2.79. The molecule has 1 heterocycles. The van der Waals surface area contributed by atoms with Crippen molar-refractivity contribution < 1.29 is 31.2 Å². The first-order valence-electron chi connectivity index (χ1n) is 9.27. The minimum Gasteiger partial charge on any atom is -0.452 e. The molecule has 0 unspecified atom stereocenters. The zero-order valence-electron chi connectivity index (χ0n) is 16.8. The molecular weight excluding hydrogens is 460 g/mol. The number of nitrogens with one attached hydrogen (secondary N) is 2. The number of benzene rings is 2. The number of hydrogen-bond acceptors (Lipinski definition) is 8. The molecule has 1 aliphatic heterocycles. The first kappa shape index (κ1) is 23.4. The second-order valence-electron chi connectivity index (χ2n) is 6.77. The van der Waals surface area contributed by atoms with Crippen molar-refractivity contribution in [2.45, 2.75) is 29.2 Å². The van der Waals surface area contributed by atoms with Gasteiger partial charge in [-0.15, -0.1) is 0 Å². The smallest absolute Gasteiger partial charge is 0.308 e. The summed E-state index contributed by atoms with van der Waals surface area (Å²) in [5, 5.41) is 7.50. The third kappa shape index (κ3) is 5.49. The molecule has 11 nitrogen and oxygen atoms in total. The van der Waals surface area contributed by atoms with Crippen molar-refractivity contribution in [2.75, 3.05) is 11.9 Å². The molecule has 2 aromatic carbocycles. The third-order valence-electron chi connectivity index (χ3n) is 4.38. The Morgan fingerprint density at radius 2 is 1.81 bits per heavy atom. The molecule has 2 aromatic rings. The highest BCUT2D eigenvalue weighted by Crippen LogP contribution is 2.22. The SMILES string of the molecule is C[C@H](OC(=O)CCN=C1NS(=O)(=O)c2ccccc21)C(=O)Nc1ccc(S(N)(=O)=O)cc1. The Morgan fingerprint density at radius 3 is 2.47 bits per heavy atom. The summed E-state index contributed by atoms with van der Waals surface area (Å²) in [7, 11) is -7.52. The number of fused-ring (bicyclic) bond motifs is 1. The van der Waals surface area contributed by atoms with Gasteiger partial charge in [0, 0.05) is 11.3 Å². The standard InChI is InChI=1S/C19H20N4O7S2/c1-12(19(25)22-13-6-8-14(9-7-13)31(20,26)27)30-17(24)10-11-21-18-15-4-2-3-5-16(15)32(28,29)23-18/h2-9,12H,10-11H2,1H3,(H,21,23)(H,22,25)(H2,20,26,27)/t12-/m0/s1. The highest BCUT2D eigenvalue weighted by atomic mass is 32.2. The summed E-state index contributed by atoms with van der Waals surface area (Å²) in [4.78, 5) is 28.3. The Morgan fingerprint density at radius 1 is 1.16 bits per heavy atom. The first-order valence-corrected chi connectivity index (χ1v) is 12.3. The molecule has 0 bridgehead atoms. The topological polar surface area (TPSA) is 174 Å². The molecule has 0 saturated heterocycles. The number of sulfonamides is 2. The normalized spacial score (nSPS) is 16.6. The van der Waals surface area contributed by atoms with Crippen LogP contribution in [0.5, 0.6) is 0 Å². The van der Waals surface area contributed by atoms with Gasteiger partial charge in [-0.25, -0.2) is 22.0 Å². The van der Waals surface area contributed by atoms with Crippen LogP contribution in [0.3, 0.4) is 0 Å². The van der Waals surface area contributed by atoms with Gasteiger partial charge >= 0.3 is 5.97 Å². The highest BCUT2D eigenvalue weighted by molar-refractivity contribution is 7.90. The number of anilines is 1. The number of aliphatic imine (C=N–C) groups is 1. The van der Waals surface area contributed by atoms with Crippen LogP contribution in [-0.4, -0.2) is 47.2 Å². The molecule has 0 aromatic heterocycles. The summed E-state index contributed by atoms with van der Waals surface area (Å²) >= 11 is 0. The average Bonchev–Trinajstić information content (AvgIpc) is 2.98. The molecule has 1 amide bonds. The van der Waals surface area contributed by atoms with Gasteiger partial charge in [0.1, 0.15) is 5.84 Å². The number of amidine groups is 1. The van der Waals surface area contributed by atoms with Crippen LogP contribution in [0.2, 0.25) is 0 Å². The number of hydrogen-bond donors (Lipinski definition) is 3. The van der Waals surface area contributed by atoms with Crippen molar-refractivity contribution in [1.29, 1.82) is 0 Å². The minimum atomic E-state index is -3.85. The van der Waals surface area contributed by atoms with Crippen molar-refractivity contribution in [2.24, 2.45) is 10.1 Å². The van der Waals surface area contributed by atoms with E-state index < -0.39 is 38.0 Å². The van der Waals surface area contributed by atoms with Gasteiger partial charge in [-0.3, -0.25) is 19.3 Å². The molecule has 170 valence electrons. The number of nitrogens with two attached hydrogens (primary N) is 1. The van der Waals surface area contributed by atoms with Crippen molar-refractivity contribution in [1.82, 2.24) is 4.72 Å². The quantitative estimate of drug-likeness (QED) is 0.479. The van der Waals surface area contributed by atoms with E-state index in [9.17, 15) is 26.4 Å². The Bertz CT molecular complexity index is 1290. The molecule has 32 heavy (non-hydrogen) atoms. The fourth-order valence-corrected chi connectivity index (χ4v) is 4.56. The van der Waals surface area contributed by atoms with Crippen LogP contribution in [0.4, 0.5) is 5.69 Å². The number of primary sulfonamides is 1. The van der Waals surface area contributed by atoms with E-state index in [0.717, 1.165) is 0 Å². The van der Waals surface area contributed by atoms with E-state index in [1.807, 2.05) is 0 Å². The number of amides is 1. The predicted octanol–water partition coefficient (Wildman–Crippen LogP) is 0.333.